The van der Waals surface area contributed by atoms with E-state index in [9.17, 15) is 4.79 Å². The van der Waals surface area contributed by atoms with Crippen LogP contribution in [0.15, 0.2) is 18.2 Å². The van der Waals surface area contributed by atoms with Crippen LogP contribution in [-0.2, 0) is 4.79 Å². The molecule has 0 saturated carbocycles. The molecule has 88 valence electrons. The van der Waals surface area contributed by atoms with Crippen LogP contribution in [0.5, 0.6) is 0 Å². The van der Waals surface area contributed by atoms with E-state index in [0.29, 0.717) is 23.6 Å². The summed E-state index contributed by atoms with van der Waals surface area (Å²) in [4.78, 5) is 11.7. The van der Waals surface area contributed by atoms with Crippen molar-refractivity contribution in [3.05, 3.63) is 29.3 Å². The van der Waals surface area contributed by atoms with Gasteiger partial charge in [0.2, 0.25) is 5.91 Å². The Labute approximate surface area is 101 Å². The average molecular weight is 229 g/mol. The third-order valence-corrected chi connectivity index (χ3v) is 3.00. The van der Waals surface area contributed by atoms with Crippen molar-refractivity contribution < 1.29 is 4.79 Å². The fourth-order valence-corrected chi connectivity index (χ4v) is 1.88. The molecule has 0 radical (unpaired) electrons. The molecule has 0 aromatic heterocycles. The van der Waals surface area contributed by atoms with Crippen LogP contribution in [-0.4, -0.2) is 19.0 Å². The Morgan fingerprint density at radius 3 is 2.94 bits per heavy atom. The number of carbonyl (C=O) groups is 1. The zero-order chi connectivity index (χ0) is 12.3. The van der Waals surface area contributed by atoms with E-state index in [4.69, 9.17) is 5.26 Å². The molecule has 1 heterocycles. The highest BCUT2D eigenvalue weighted by molar-refractivity contribution is 5.92. The van der Waals surface area contributed by atoms with E-state index in [-0.39, 0.29) is 5.91 Å². The lowest BCUT2D eigenvalue weighted by molar-refractivity contribution is -0.117. The maximum absolute atomic E-state index is 11.7. The lowest BCUT2D eigenvalue weighted by Crippen LogP contribution is -2.43. The van der Waals surface area contributed by atoms with Crippen LogP contribution in [0, 0.1) is 24.2 Å². The van der Waals surface area contributed by atoms with Gasteiger partial charge in [0, 0.05) is 6.42 Å². The van der Waals surface area contributed by atoms with Crippen LogP contribution < -0.4 is 10.6 Å². The Hall–Kier alpha value is -1.86. The maximum Gasteiger partial charge on any atom is 0.224 e. The van der Waals surface area contributed by atoms with Crippen molar-refractivity contribution in [2.75, 3.05) is 18.4 Å². The van der Waals surface area contributed by atoms with Gasteiger partial charge in [0.05, 0.1) is 11.3 Å². The minimum absolute atomic E-state index is 0.0152. The molecule has 0 bridgehead atoms. The maximum atomic E-state index is 11.7. The van der Waals surface area contributed by atoms with Crippen LogP contribution in [0.3, 0.4) is 0 Å². The van der Waals surface area contributed by atoms with E-state index >= 15 is 0 Å². The van der Waals surface area contributed by atoms with Crippen LogP contribution in [0.4, 0.5) is 5.69 Å². The molecule has 1 amide bonds. The molecular weight excluding hydrogens is 214 g/mol. The molecule has 0 spiro atoms. The van der Waals surface area contributed by atoms with Crippen molar-refractivity contribution in [1.82, 2.24) is 5.32 Å². The van der Waals surface area contributed by atoms with Gasteiger partial charge in [-0.1, -0.05) is 12.1 Å². The Morgan fingerprint density at radius 1 is 1.59 bits per heavy atom. The van der Waals surface area contributed by atoms with Crippen LogP contribution in [0.2, 0.25) is 0 Å². The molecule has 17 heavy (non-hydrogen) atoms. The van der Waals surface area contributed by atoms with Gasteiger partial charge in [0.1, 0.15) is 6.07 Å². The van der Waals surface area contributed by atoms with E-state index in [1.807, 2.05) is 19.1 Å². The number of nitrogens with one attached hydrogen (secondary N) is 2. The van der Waals surface area contributed by atoms with Gasteiger partial charge in [-0.15, -0.1) is 0 Å². The van der Waals surface area contributed by atoms with E-state index in [0.717, 1.165) is 18.7 Å². The predicted octanol–water partition coefficient (Wildman–Crippen LogP) is 1.41. The number of aryl methyl sites for hydroxylation is 1. The molecule has 4 heteroatoms. The molecule has 0 atom stereocenters. The lowest BCUT2D eigenvalue weighted by Gasteiger charge is -2.26. The summed E-state index contributed by atoms with van der Waals surface area (Å²) in [6.07, 6.45) is 0.520. The number of anilines is 1. The number of nitriles is 1. The summed E-state index contributed by atoms with van der Waals surface area (Å²) < 4.78 is 0. The van der Waals surface area contributed by atoms with Crippen LogP contribution >= 0.6 is 0 Å². The first kappa shape index (κ1) is 11.6. The molecule has 4 nitrogen and oxygen atoms in total. The molecule has 0 unspecified atom stereocenters. The van der Waals surface area contributed by atoms with Gasteiger partial charge >= 0.3 is 0 Å². The monoisotopic (exact) mass is 229 g/mol. The third-order valence-electron chi connectivity index (χ3n) is 3.00. The first-order valence-electron chi connectivity index (χ1n) is 5.71. The molecule has 1 fully saturated rings. The Balaban J connectivity index is 2.05. The summed E-state index contributed by atoms with van der Waals surface area (Å²) in [5.41, 5.74) is 2.05. The quantitative estimate of drug-likeness (QED) is 0.823. The minimum atomic E-state index is -0.0152. The molecule has 0 aliphatic carbocycles. The summed E-state index contributed by atoms with van der Waals surface area (Å²) >= 11 is 0. The van der Waals surface area contributed by atoms with Gasteiger partial charge in [-0.25, -0.2) is 0 Å². The van der Waals surface area contributed by atoms with Gasteiger partial charge < -0.3 is 10.6 Å². The van der Waals surface area contributed by atoms with Gasteiger partial charge in [-0.3, -0.25) is 4.79 Å². The summed E-state index contributed by atoms with van der Waals surface area (Å²) in [6.45, 7) is 3.68. The highest BCUT2D eigenvalue weighted by atomic mass is 16.1. The third kappa shape index (κ3) is 2.63. The number of nitrogens with zero attached hydrogens (tertiary/aromatic N) is 1. The molecule has 1 saturated heterocycles. The zero-order valence-electron chi connectivity index (χ0n) is 9.79. The molecular formula is C13H15N3O. The van der Waals surface area contributed by atoms with Crippen molar-refractivity contribution in [2.24, 2.45) is 5.92 Å². The number of rotatable bonds is 3. The fraction of sp³-hybridized carbons (Fsp3) is 0.385. The molecule has 1 aromatic carbocycles. The molecule has 2 N–H and O–H groups in total. The fourth-order valence-electron chi connectivity index (χ4n) is 1.88. The molecule has 2 rings (SSSR count). The van der Waals surface area contributed by atoms with Gasteiger partial charge in [0.25, 0.3) is 0 Å². The summed E-state index contributed by atoms with van der Waals surface area (Å²) in [6, 6.07) is 7.60. The van der Waals surface area contributed by atoms with Crippen molar-refractivity contribution >= 4 is 11.6 Å². The molecule has 1 aliphatic rings. The zero-order valence-corrected chi connectivity index (χ0v) is 9.79. The van der Waals surface area contributed by atoms with Crippen molar-refractivity contribution in [3.8, 4) is 6.07 Å². The second-order valence-electron chi connectivity index (χ2n) is 4.39. The number of benzene rings is 1. The van der Waals surface area contributed by atoms with E-state index in [1.165, 1.54) is 0 Å². The first-order chi connectivity index (χ1) is 8.20. The van der Waals surface area contributed by atoms with Crippen molar-refractivity contribution in [3.63, 3.8) is 0 Å². The normalized spacial score (nSPS) is 14.8. The van der Waals surface area contributed by atoms with Gasteiger partial charge in [-0.2, -0.15) is 5.26 Å². The standard InChI is InChI=1S/C13H15N3O/c1-9-3-2-4-12(11(9)6-14)16-13(17)5-10-7-15-8-10/h2-4,10,15H,5,7-8H2,1H3,(H,16,17). The summed E-state index contributed by atoms with van der Waals surface area (Å²) in [5.74, 6) is 0.420. The summed E-state index contributed by atoms with van der Waals surface area (Å²) in [5, 5.41) is 15.0. The predicted molar refractivity (Wildman–Crippen MR) is 65.5 cm³/mol. The SMILES string of the molecule is Cc1cccc(NC(=O)CC2CNC2)c1C#N. The van der Waals surface area contributed by atoms with Crippen LogP contribution in [0.25, 0.3) is 0 Å². The number of hydrogen-bond acceptors (Lipinski definition) is 3. The van der Waals surface area contributed by atoms with Gasteiger partial charge in [0.15, 0.2) is 0 Å². The van der Waals surface area contributed by atoms with Crippen molar-refractivity contribution in [2.45, 2.75) is 13.3 Å². The second kappa shape index (κ2) is 4.98. The number of hydrogen-bond donors (Lipinski definition) is 2. The number of carbonyl (C=O) groups excluding carboxylic acids is 1. The number of amides is 1. The topological polar surface area (TPSA) is 64.9 Å². The van der Waals surface area contributed by atoms with E-state index in [2.05, 4.69) is 16.7 Å². The van der Waals surface area contributed by atoms with Gasteiger partial charge in [-0.05, 0) is 37.6 Å². The molecule has 1 aromatic rings. The average Bonchev–Trinajstić information content (AvgIpc) is 2.24. The van der Waals surface area contributed by atoms with E-state index < -0.39 is 0 Å². The first-order valence-corrected chi connectivity index (χ1v) is 5.71. The Kier molecular flexibility index (Phi) is 3.40. The smallest absolute Gasteiger partial charge is 0.224 e. The largest absolute Gasteiger partial charge is 0.325 e. The Morgan fingerprint density at radius 2 is 2.35 bits per heavy atom. The van der Waals surface area contributed by atoms with Crippen LogP contribution in [0.1, 0.15) is 17.5 Å². The Bertz CT molecular complexity index is 472. The summed E-state index contributed by atoms with van der Waals surface area (Å²) in [7, 11) is 0. The lowest BCUT2D eigenvalue weighted by atomic mass is 9.99. The second-order valence-corrected chi connectivity index (χ2v) is 4.39. The molecule has 1 aliphatic heterocycles. The van der Waals surface area contributed by atoms with Crippen molar-refractivity contribution in [1.29, 1.82) is 5.26 Å². The van der Waals surface area contributed by atoms with E-state index in [1.54, 1.807) is 6.07 Å². The minimum Gasteiger partial charge on any atom is -0.325 e. The highest BCUT2D eigenvalue weighted by Crippen LogP contribution is 2.19. The highest BCUT2D eigenvalue weighted by Gasteiger charge is 2.20.